The van der Waals surface area contributed by atoms with Crippen molar-refractivity contribution in [3.8, 4) is 28.0 Å². The highest BCUT2D eigenvalue weighted by molar-refractivity contribution is 7.20. The van der Waals surface area contributed by atoms with Crippen molar-refractivity contribution >= 4 is 27.5 Å². The van der Waals surface area contributed by atoms with Gasteiger partial charge in [0.25, 0.3) is 5.19 Å². The quantitative estimate of drug-likeness (QED) is 0.160. The molecule has 2 bridgehead atoms. The summed E-state index contributed by atoms with van der Waals surface area (Å²) < 4.78 is 68.9. The molecule has 0 radical (unpaired) electrons. The van der Waals surface area contributed by atoms with Gasteiger partial charge >= 0.3 is 12.3 Å². The van der Waals surface area contributed by atoms with Crippen molar-refractivity contribution in [3.05, 3.63) is 53.3 Å². The number of fused-ring (bicyclic) bond motifs is 3. The van der Waals surface area contributed by atoms with Gasteiger partial charge in [-0.2, -0.15) is 4.98 Å². The Hall–Kier alpha value is -3.84. The van der Waals surface area contributed by atoms with E-state index in [-0.39, 0.29) is 53.4 Å². The summed E-state index contributed by atoms with van der Waals surface area (Å²) in [5.41, 5.74) is 1.93. The zero-order valence-corrected chi connectivity index (χ0v) is 25.9. The zero-order valence-electron chi connectivity index (χ0n) is 25.0. The molecule has 7 rings (SSSR count). The third kappa shape index (κ3) is 6.39. The lowest BCUT2D eigenvalue weighted by atomic mass is 9.84. The first kappa shape index (κ1) is 30.8. The normalized spacial score (nSPS) is 22.7. The number of ether oxygens (including phenoxy) is 4. The summed E-state index contributed by atoms with van der Waals surface area (Å²) in [7, 11) is 0. The van der Waals surface area contributed by atoms with Crippen LogP contribution in [0.2, 0.25) is 0 Å². The van der Waals surface area contributed by atoms with Crippen molar-refractivity contribution in [3.63, 3.8) is 0 Å². The van der Waals surface area contributed by atoms with E-state index in [1.165, 1.54) is 29.5 Å². The molecule has 3 aliphatic rings. The van der Waals surface area contributed by atoms with Crippen LogP contribution < -0.4 is 14.2 Å². The topological polar surface area (TPSA) is 113 Å². The summed E-state index contributed by atoms with van der Waals surface area (Å²) in [4.78, 5) is 16.4. The second-order valence-electron chi connectivity index (χ2n) is 12.2. The van der Waals surface area contributed by atoms with Crippen LogP contribution in [0.1, 0.15) is 79.5 Å². The number of halogens is 3. The molecule has 2 atom stereocenters. The molecule has 0 spiro atoms. The molecule has 0 aliphatic heterocycles. The third-order valence-electron chi connectivity index (χ3n) is 8.95. The zero-order chi connectivity index (χ0) is 32.0. The van der Waals surface area contributed by atoms with Crippen LogP contribution in [-0.4, -0.2) is 46.4 Å². The second kappa shape index (κ2) is 12.4. The van der Waals surface area contributed by atoms with Crippen LogP contribution >= 0.6 is 11.3 Å². The Labute approximate surface area is 266 Å². The van der Waals surface area contributed by atoms with Gasteiger partial charge in [-0.1, -0.05) is 35.5 Å². The molecule has 244 valence electrons. The Bertz CT molecular complexity index is 1720. The van der Waals surface area contributed by atoms with E-state index in [1.807, 2.05) is 6.92 Å². The highest BCUT2D eigenvalue weighted by atomic mass is 32.1. The van der Waals surface area contributed by atoms with Crippen LogP contribution in [0, 0.1) is 11.8 Å². The number of aromatic carboxylic acids is 1. The van der Waals surface area contributed by atoms with Crippen molar-refractivity contribution in [1.82, 2.24) is 10.1 Å². The summed E-state index contributed by atoms with van der Waals surface area (Å²) in [5, 5.41) is 14.2. The van der Waals surface area contributed by atoms with Gasteiger partial charge in [-0.3, -0.25) is 0 Å². The van der Waals surface area contributed by atoms with Gasteiger partial charge in [-0.15, -0.1) is 13.2 Å². The van der Waals surface area contributed by atoms with Crippen LogP contribution in [0.25, 0.3) is 21.5 Å². The van der Waals surface area contributed by atoms with Gasteiger partial charge in [-0.25, -0.2) is 4.79 Å². The van der Waals surface area contributed by atoms with E-state index < -0.39 is 12.3 Å². The molecule has 0 saturated heterocycles. The fourth-order valence-electron chi connectivity index (χ4n) is 6.75. The molecule has 2 aromatic heterocycles. The molecule has 2 unspecified atom stereocenters. The molecule has 3 fully saturated rings. The molecule has 2 aromatic carbocycles. The molecule has 4 aromatic rings. The lowest BCUT2D eigenvalue weighted by Gasteiger charge is -2.34. The van der Waals surface area contributed by atoms with Gasteiger partial charge in [0.15, 0.2) is 0 Å². The van der Waals surface area contributed by atoms with Crippen molar-refractivity contribution in [2.45, 2.75) is 83.0 Å². The Morgan fingerprint density at radius 3 is 2.54 bits per heavy atom. The van der Waals surface area contributed by atoms with Crippen molar-refractivity contribution in [2.24, 2.45) is 11.8 Å². The molecule has 9 nitrogen and oxygen atoms in total. The summed E-state index contributed by atoms with van der Waals surface area (Å²) in [6.45, 7) is 2.60. The number of hydrogen-bond donors (Lipinski definition) is 1. The van der Waals surface area contributed by atoms with Crippen LogP contribution in [0.15, 0.2) is 40.9 Å². The highest BCUT2D eigenvalue weighted by Gasteiger charge is 2.45. The average molecular weight is 659 g/mol. The number of benzene rings is 2. The number of aromatic nitrogens is 2. The van der Waals surface area contributed by atoms with E-state index in [4.69, 9.17) is 23.7 Å². The number of carbonyl (C=O) groups is 1. The SMILES string of the molecule is CCCOc1cc(C(=O)O)cc2sc(OC3C4CCC3CC(OCc3c(-c5ccccc5OC(F)(F)F)noc3C3CC3)C4)nc12. The Kier molecular flexibility index (Phi) is 8.30. The molecule has 2 heterocycles. The van der Waals surface area contributed by atoms with E-state index in [0.717, 1.165) is 44.9 Å². The highest BCUT2D eigenvalue weighted by Crippen LogP contribution is 2.48. The van der Waals surface area contributed by atoms with Gasteiger partial charge in [0, 0.05) is 17.0 Å². The predicted octanol–water partition coefficient (Wildman–Crippen LogP) is 8.37. The summed E-state index contributed by atoms with van der Waals surface area (Å²) in [5.74, 6) is 0.413. The molecule has 3 aliphatic carbocycles. The number of hydrogen-bond acceptors (Lipinski definition) is 9. The molecule has 1 N–H and O–H groups in total. The monoisotopic (exact) mass is 658 g/mol. The van der Waals surface area contributed by atoms with E-state index >= 15 is 0 Å². The number of para-hydroxylation sites is 1. The van der Waals surface area contributed by atoms with E-state index in [2.05, 4.69) is 9.89 Å². The molecule has 0 amide bonds. The van der Waals surface area contributed by atoms with E-state index in [1.54, 1.807) is 18.2 Å². The maximum atomic E-state index is 13.2. The Morgan fingerprint density at radius 2 is 1.85 bits per heavy atom. The van der Waals surface area contributed by atoms with Crippen LogP contribution in [0.5, 0.6) is 16.7 Å². The van der Waals surface area contributed by atoms with Crippen LogP contribution in [-0.2, 0) is 11.3 Å². The van der Waals surface area contributed by atoms with Crippen molar-refractivity contribution in [1.29, 1.82) is 0 Å². The summed E-state index contributed by atoms with van der Waals surface area (Å²) in [6, 6.07) is 9.05. The maximum absolute atomic E-state index is 13.2. The predicted molar refractivity (Wildman–Crippen MR) is 161 cm³/mol. The van der Waals surface area contributed by atoms with Crippen molar-refractivity contribution < 1.29 is 46.5 Å². The van der Waals surface area contributed by atoms with Crippen LogP contribution in [0.4, 0.5) is 13.2 Å². The third-order valence-corrected chi connectivity index (χ3v) is 9.85. The number of carboxylic acids is 1. The molecule has 3 saturated carbocycles. The summed E-state index contributed by atoms with van der Waals surface area (Å²) in [6.07, 6.45) is 1.23. The van der Waals surface area contributed by atoms with Crippen molar-refractivity contribution in [2.75, 3.05) is 6.61 Å². The lowest BCUT2D eigenvalue weighted by Crippen LogP contribution is -2.38. The lowest BCUT2D eigenvalue weighted by molar-refractivity contribution is -0.274. The first-order valence-electron chi connectivity index (χ1n) is 15.6. The van der Waals surface area contributed by atoms with E-state index in [9.17, 15) is 23.1 Å². The van der Waals surface area contributed by atoms with Gasteiger partial charge in [-0.05, 0) is 81.0 Å². The number of alkyl halides is 3. The van der Waals surface area contributed by atoms with Crippen LogP contribution in [0.3, 0.4) is 0 Å². The van der Waals surface area contributed by atoms with E-state index in [0.29, 0.717) is 44.8 Å². The molecular formula is C33H33F3N2O7S. The molecular weight excluding hydrogens is 625 g/mol. The minimum Gasteiger partial charge on any atom is -0.491 e. The number of carboxylic acid groups (broad SMARTS) is 1. The standard InChI is InChI=1S/C33H33F3N2O7S/c1-2-11-41-25-14-20(31(39)40)15-26-28(25)37-32(46-26)43-29-18-9-10-19(29)13-21(12-18)42-16-23-27(38-45-30(23)17-7-8-17)22-5-3-4-6-24(22)44-33(34,35)36/h3-6,14-15,17-19,21,29H,2,7-13,16H2,1H3,(H,39,40). The second-order valence-corrected chi connectivity index (χ2v) is 13.2. The smallest absolute Gasteiger partial charge is 0.491 e. The fourth-order valence-corrected chi connectivity index (χ4v) is 7.67. The van der Waals surface area contributed by atoms with Gasteiger partial charge < -0.3 is 28.6 Å². The van der Waals surface area contributed by atoms with Gasteiger partial charge in [0.05, 0.1) is 29.6 Å². The number of thiazole rings is 1. The number of nitrogens with zero attached hydrogens (tertiary/aromatic N) is 2. The minimum absolute atomic E-state index is 0.0426. The minimum atomic E-state index is -4.84. The largest absolute Gasteiger partial charge is 0.573 e. The fraction of sp³-hybridized carbons (Fsp3) is 0.485. The maximum Gasteiger partial charge on any atom is 0.573 e. The number of rotatable bonds is 12. The Balaban J connectivity index is 1.06. The first-order valence-corrected chi connectivity index (χ1v) is 16.4. The summed E-state index contributed by atoms with van der Waals surface area (Å²) >= 11 is 1.32. The molecule has 46 heavy (non-hydrogen) atoms. The van der Waals surface area contributed by atoms with Gasteiger partial charge in [0.1, 0.15) is 34.6 Å². The first-order chi connectivity index (χ1) is 22.2. The molecule has 13 heteroatoms. The van der Waals surface area contributed by atoms with Gasteiger partial charge in [0.2, 0.25) is 0 Å². The Morgan fingerprint density at radius 1 is 1.09 bits per heavy atom. The average Bonchev–Trinajstić information content (AvgIpc) is 3.57.